The molecule has 0 bridgehead atoms. The van der Waals surface area contributed by atoms with E-state index in [1.807, 2.05) is 36.4 Å². The Labute approximate surface area is 118 Å². The molecule has 2 aliphatic rings. The summed E-state index contributed by atoms with van der Waals surface area (Å²) in [5.74, 6) is -0.0425. The summed E-state index contributed by atoms with van der Waals surface area (Å²) in [7, 11) is 0. The molecule has 4 nitrogen and oxygen atoms in total. The standard InChI is InChI=1S/C16H18N2O2/c1-11-15(19)17-14-9-5-4-8-13(14)10-18(11)16(20)12-6-2-3-7-12/h2-5,8-9,11-12H,6-7,10H2,1H3,(H,17,19). The SMILES string of the molecule is CC1C(=O)Nc2ccccc2CN1C(=O)C1CC=CC1. The zero-order valence-electron chi connectivity index (χ0n) is 11.5. The molecular weight excluding hydrogens is 252 g/mol. The van der Waals surface area contributed by atoms with Gasteiger partial charge in [-0.05, 0) is 31.4 Å². The predicted octanol–water partition coefficient (Wildman–Crippen LogP) is 2.32. The first kappa shape index (κ1) is 12.9. The highest BCUT2D eigenvalue weighted by molar-refractivity contribution is 5.98. The van der Waals surface area contributed by atoms with Crippen LogP contribution in [-0.2, 0) is 16.1 Å². The molecule has 1 aromatic rings. The van der Waals surface area contributed by atoms with Gasteiger partial charge in [-0.1, -0.05) is 30.4 Å². The first-order valence-corrected chi connectivity index (χ1v) is 7.01. The van der Waals surface area contributed by atoms with Gasteiger partial charge in [0, 0.05) is 18.2 Å². The van der Waals surface area contributed by atoms with E-state index in [0.717, 1.165) is 24.1 Å². The van der Waals surface area contributed by atoms with Crippen molar-refractivity contribution in [2.75, 3.05) is 5.32 Å². The van der Waals surface area contributed by atoms with Crippen molar-refractivity contribution in [2.24, 2.45) is 5.92 Å². The van der Waals surface area contributed by atoms with Crippen LogP contribution in [-0.4, -0.2) is 22.8 Å². The average molecular weight is 270 g/mol. The van der Waals surface area contributed by atoms with E-state index in [1.165, 1.54) is 0 Å². The Morgan fingerprint density at radius 1 is 1.25 bits per heavy atom. The normalized spacial score (nSPS) is 22.4. The molecule has 104 valence electrons. The summed E-state index contributed by atoms with van der Waals surface area (Å²) in [5, 5.41) is 2.90. The lowest BCUT2D eigenvalue weighted by Crippen LogP contribution is -2.45. The van der Waals surface area contributed by atoms with Crippen LogP contribution >= 0.6 is 0 Å². The number of hydrogen-bond acceptors (Lipinski definition) is 2. The third-order valence-corrected chi connectivity index (χ3v) is 4.10. The molecule has 0 radical (unpaired) electrons. The van der Waals surface area contributed by atoms with E-state index in [0.29, 0.717) is 6.54 Å². The summed E-state index contributed by atoms with van der Waals surface area (Å²) in [5.41, 5.74) is 1.80. The van der Waals surface area contributed by atoms with E-state index >= 15 is 0 Å². The molecule has 1 unspecified atom stereocenters. The third-order valence-electron chi connectivity index (χ3n) is 4.10. The van der Waals surface area contributed by atoms with Crippen molar-refractivity contribution in [3.63, 3.8) is 0 Å². The maximum atomic E-state index is 12.6. The van der Waals surface area contributed by atoms with Crippen molar-refractivity contribution in [1.82, 2.24) is 4.90 Å². The lowest BCUT2D eigenvalue weighted by molar-refractivity contribution is -0.141. The topological polar surface area (TPSA) is 49.4 Å². The summed E-state index contributed by atoms with van der Waals surface area (Å²) in [6.07, 6.45) is 5.65. The summed E-state index contributed by atoms with van der Waals surface area (Å²) < 4.78 is 0. The number of nitrogens with zero attached hydrogens (tertiary/aromatic N) is 1. The molecule has 1 N–H and O–H groups in total. The van der Waals surface area contributed by atoms with E-state index < -0.39 is 6.04 Å². The number of anilines is 1. The van der Waals surface area contributed by atoms with Crippen molar-refractivity contribution in [3.05, 3.63) is 42.0 Å². The molecule has 0 spiro atoms. The van der Waals surface area contributed by atoms with Gasteiger partial charge in [-0.15, -0.1) is 0 Å². The highest BCUT2D eigenvalue weighted by Gasteiger charge is 2.33. The van der Waals surface area contributed by atoms with Gasteiger partial charge in [0.25, 0.3) is 0 Å². The Balaban J connectivity index is 1.89. The van der Waals surface area contributed by atoms with E-state index in [-0.39, 0.29) is 17.7 Å². The molecule has 4 heteroatoms. The molecule has 20 heavy (non-hydrogen) atoms. The van der Waals surface area contributed by atoms with Crippen LogP contribution in [0.5, 0.6) is 0 Å². The number of hydrogen-bond donors (Lipinski definition) is 1. The Bertz CT molecular complexity index is 572. The number of para-hydroxylation sites is 1. The minimum Gasteiger partial charge on any atom is -0.326 e. The van der Waals surface area contributed by atoms with Crippen LogP contribution in [0.4, 0.5) is 5.69 Å². The van der Waals surface area contributed by atoms with Crippen LogP contribution in [0, 0.1) is 5.92 Å². The number of rotatable bonds is 1. The van der Waals surface area contributed by atoms with E-state index in [9.17, 15) is 9.59 Å². The maximum Gasteiger partial charge on any atom is 0.246 e. The van der Waals surface area contributed by atoms with Gasteiger partial charge in [-0.25, -0.2) is 0 Å². The third kappa shape index (κ3) is 2.22. The Morgan fingerprint density at radius 2 is 1.95 bits per heavy atom. The molecule has 1 aromatic carbocycles. The van der Waals surface area contributed by atoms with Gasteiger partial charge in [-0.3, -0.25) is 9.59 Å². The molecule has 1 atom stereocenters. The second-order valence-electron chi connectivity index (χ2n) is 5.43. The molecular formula is C16H18N2O2. The number of fused-ring (bicyclic) bond motifs is 1. The van der Waals surface area contributed by atoms with Crippen molar-refractivity contribution in [1.29, 1.82) is 0 Å². The summed E-state index contributed by atoms with van der Waals surface area (Å²) in [4.78, 5) is 26.5. The van der Waals surface area contributed by atoms with Gasteiger partial charge in [0.15, 0.2) is 0 Å². The molecule has 1 aliphatic heterocycles. The maximum absolute atomic E-state index is 12.6. The quantitative estimate of drug-likeness (QED) is 0.796. The number of carbonyl (C=O) groups is 2. The van der Waals surface area contributed by atoms with E-state index in [4.69, 9.17) is 0 Å². The number of benzene rings is 1. The molecule has 0 fully saturated rings. The van der Waals surface area contributed by atoms with Crippen LogP contribution < -0.4 is 5.32 Å². The van der Waals surface area contributed by atoms with Crippen LogP contribution in [0.25, 0.3) is 0 Å². The van der Waals surface area contributed by atoms with Gasteiger partial charge in [0.05, 0.1) is 0 Å². The molecule has 3 rings (SSSR count). The smallest absolute Gasteiger partial charge is 0.246 e. The molecule has 1 aliphatic carbocycles. The minimum absolute atomic E-state index is 0.00416. The predicted molar refractivity (Wildman–Crippen MR) is 76.9 cm³/mol. The van der Waals surface area contributed by atoms with Crippen LogP contribution in [0.15, 0.2) is 36.4 Å². The lowest BCUT2D eigenvalue weighted by atomic mass is 10.0. The van der Waals surface area contributed by atoms with E-state index in [2.05, 4.69) is 5.32 Å². The zero-order valence-corrected chi connectivity index (χ0v) is 11.5. The largest absolute Gasteiger partial charge is 0.326 e. The van der Waals surface area contributed by atoms with Gasteiger partial charge in [0.2, 0.25) is 11.8 Å². The number of allylic oxidation sites excluding steroid dienone is 2. The highest BCUT2D eigenvalue weighted by Crippen LogP contribution is 2.27. The van der Waals surface area contributed by atoms with Crippen molar-refractivity contribution in [3.8, 4) is 0 Å². The fraction of sp³-hybridized carbons (Fsp3) is 0.375. The van der Waals surface area contributed by atoms with Crippen LogP contribution in [0.3, 0.4) is 0 Å². The fourth-order valence-corrected chi connectivity index (χ4v) is 2.80. The van der Waals surface area contributed by atoms with E-state index in [1.54, 1.807) is 11.8 Å². The number of nitrogens with one attached hydrogen (secondary N) is 1. The molecule has 1 heterocycles. The Morgan fingerprint density at radius 3 is 2.70 bits per heavy atom. The van der Waals surface area contributed by atoms with Crippen molar-refractivity contribution >= 4 is 17.5 Å². The lowest BCUT2D eigenvalue weighted by Gasteiger charge is -2.28. The second-order valence-corrected chi connectivity index (χ2v) is 5.43. The fourth-order valence-electron chi connectivity index (χ4n) is 2.80. The summed E-state index contributed by atoms with van der Waals surface area (Å²) in [6, 6.07) is 7.23. The first-order valence-electron chi connectivity index (χ1n) is 7.01. The monoisotopic (exact) mass is 270 g/mol. The molecule has 0 saturated carbocycles. The highest BCUT2D eigenvalue weighted by atomic mass is 16.2. The Hall–Kier alpha value is -2.10. The van der Waals surface area contributed by atoms with Gasteiger partial charge in [-0.2, -0.15) is 0 Å². The molecule has 0 aromatic heterocycles. The Kier molecular flexibility index (Phi) is 3.30. The molecule has 0 saturated heterocycles. The van der Waals surface area contributed by atoms with Gasteiger partial charge in [0.1, 0.15) is 6.04 Å². The van der Waals surface area contributed by atoms with Crippen molar-refractivity contribution in [2.45, 2.75) is 32.4 Å². The second kappa shape index (κ2) is 5.12. The first-order chi connectivity index (χ1) is 9.66. The summed E-state index contributed by atoms with van der Waals surface area (Å²) >= 11 is 0. The number of amides is 2. The minimum atomic E-state index is -0.435. The number of carbonyl (C=O) groups excluding carboxylic acids is 2. The van der Waals surface area contributed by atoms with Gasteiger partial charge >= 0.3 is 0 Å². The average Bonchev–Trinajstić information content (AvgIpc) is 2.95. The zero-order chi connectivity index (χ0) is 14.1. The van der Waals surface area contributed by atoms with Crippen LogP contribution in [0.2, 0.25) is 0 Å². The summed E-state index contributed by atoms with van der Waals surface area (Å²) in [6.45, 7) is 2.28. The van der Waals surface area contributed by atoms with Crippen molar-refractivity contribution < 1.29 is 9.59 Å². The van der Waals surface area contributed by atoms with Gasteiger partial charge < -0.3 is 10.2 Å². The van der Waals surface area contributed by atoms with Crippen LogP contribution in [0.1, 0.15) is 25.3 Å². The molecule has 2 amide bonds.